The van der Waals surface area contributed by atoms with E-state index in [0.29, 0.717) is 5.56 Å². The van der Waals surface area contributed by atoms with Crippen molar-refractivity contribution >= 4 is 11.0 Å². The van der Waals surface area contributed by atoms with Crippen molar-refractivity contribution < 1.29 is 69.0 Å². The molecule has 8 N–H and O–H groups in total. The number of benzene rings is 2. The van der Waals surface area contributed by atoms with Crippen LogP contribution >= 0.6 is 0 Å². The first-order chi connectivity index (χ1) is 20.0. The molecule has 0 bridgehead atoms. The fourth-order valence-corrected chi connectivity index (χ4v) is 4.68. The summed E-state index contributed by atoms with van der Waals surface area (Å²) in [6.07, 6.45) is -14.4. The van der Waals surface area contributed by atoms with Crippen molar-refractivity contribution in [3.8, 4) is 34.3 Å². The SMILES string of the molecule is COc1cc2oc(-c3ccc(O)cc3)cc(=O)c2c(O)c1O[C@@H]1O[C@H](CO[C@@H]2OC[C@@H](O)[C@H](O)[C@H]2O)[C@@H](O)[C@H](O)[C@H]1O. The third-order valence-electron chi connectivity index (χ3n) is 7.07. The minimum atomic E-state index is -1.85. The van der Waals surface area contributed by atoms with Crippen LogP contribution in [-0.2, 0) is 14.2 Å². The Balaban J connectivity index is 1.40. The van der Waals surface area contributed by atoms with Gasteiger partial charge in [-0.15, -0.1) is 0 Å². The molecule has 5 rings (SSSR count). The molecule has 3 heterocycles. The maximum absolute atomic E-state index is 13.0. The summed E-state index contributed by atoms with van der Waals surface area (Å²) >= 11 is 0. The Kier molecular flexibility index (Phi) is 8.56. The van der Waals surface area contributed by atoms with Gasteiger partial charge in [0.25, 0.3) is 0 Å². The van der Waals surface area contributed by atoms with Gasteiger partial charge < -0.3 is 69.0 Å². The van der Waals surface area contributed by atoms with Crippen molar-refractivity contribution in [3.63, 3.8) is 0 Å². The first kappa shape index (κ1) is 30.0. The molecule has 2 fully saturated rings. The molecular formula is C27H30O15. The van der Waals surface area contributed by atoms with Crippen LogP contribution in [0.4, 0.5) is 0 Å². The van der Waals surface area contributed by atoms with Crippen LogP contribution in [0.25, 0.3) is 22.3 Å². The van der Waals surface area contributed by atoms with E-state index in [1.54, 1.807) is 0 Å². The highest BCUT2D eigenvalue weighted by molar-refractivity contribution is 5.89. The average Bonchev–Trinajstić information content (AvgIpc) is 2.97. The van der Waals surface area contributed by atoms with Crippen LogP contribution < -0.4 is 14.9 Å². The highest BCUT2D eigenvalue weighted by Crippen LogP contribution is 2.44. The number of aliphatic hydroxyl groups excluding tert-OH is 6. The van der Waals surface area contributed by atoms with Crippen molar-refractivity contribution in [2.45, 2.75) is 55.3 Å². The Morgan fingerprint density at radius 1 is 0.881 bits per heavy atom. The third-order valence-corrected chi connectivity index (χ3v) is 7.07. The lowest BCUT2D eigenvalue weighted by atomic mass is 9.99. The largest absolute Gasteiger partial charge is 0.508 e. The minimum Gasteiger partial charge on any atom is -0.508 e. The lowest BCUT2D eigenvalue weighted by molar-refractivity contribution is -0.307. The van der Waals surface area contributed by atoms with E-state index in [1.807, 2.05) is 0 Å². The van der Waals surface area contributed by atoms with E-state index in [1.165, 1.54) is 37.4 Å². The summed E-state index contributed by atoms with van der Waals surface area (Å²) in [6, 6.07) is 8.27. The van der Waals surface area contributed by atoms with Crippen LogP contribution in [0, 0.1) is 0 Å². The monoisotopic (exact) mass is 594 g/mol. The second kappa shape index (κ2) is 12.0. The van der Waals surface area contributed by atoms with Gasteiger partial charge in [0.15, 0.2) is 23.2 Å². The zero-order chi connectivity index (χ0) is 30.3. The molecule has 0 radical (unpaired) electrons. The maximum Gasteiger partial charge on any atom is 0.229 e. The Morgan fingerprint density at radius 3 is 2.26 bits per heavy atom. The number of rotatable bonds is 7. The van der Waals surface area contributed by atoms with Crippen molar-refractivity contribution in [1.82, 2.24) is 0 Å². The fourth-order valence-electron chi connectivity index (χ4n) is 4.68. The molecule has 42 heavy (non-hydrogen) atoms. The van der Waals surface area contributed by atoms with Gasteiger partial charge in [0.05, 0.1) is 20.3 Å². The zero-order valence-electron chi connectivity index (χ0n) is 22.0. The summed E-state index contributed by atoms with van der Waals surface area (Å²) in [5.74, 6) is -1.14. The van der Waals surface area contributed by atoms with Gasteiger partial charge in [-0.25, -0.2) is 0 Å². The van der Waals surface area contributed by atoms with Gasteiger partial charge in [0.2, 0.25) is 12.0 Å². The van der Waals surface area contributed by atoms with Gasteiger partial charge >= 0.3 is 0 Å². The van der Waals surface area contributed by atoms with Crippen LogP contribution in [0.15, 0.2) is 45.6 Å². The number of hydrogen-bond acceptors (Lipinski definition) is 15. The van der Waals surface area contributed by atoms with Gasteiger partial charge in [-0.3, -0.25) is 4.79 Å². The Bertz CT molecular complexity index is 1460. The van der Waals surface area contributed by atoms with Crippen LogP contribution in [0.1, 0.15) is 0 Å². The molecule has 0 aliphatic carbocycles. The Morgan fingerprint density at radius 2 is 1.57 bits per heavy atom. The number of fused-ring (bicyclic) bond motifs is 1. The lowest BCUT2D eigenvalue weighted by Gasteiger charge is -2.41. The van der Waals surface area contributed by atoms with Crippen molar-refractivity contribution in [2.24, 2.45) is 0 Å². The fraction of sp³-hybridized carbons (Fsp3) is 0.444. The molecule has 0 amide bonds. The standard InChI is InChI=1S/C27H30O15/c1-37-16-7-15-18(12(29)6-14(40-15)10-2-4-11(28)5-3-10)21(33)25(16)42-27-24(36)22(34)20(32)17(41-27)9-39-26-23(35)19(31)13(30)8-38-26/h2-7,13,17,19-20,22-24,26-28,30-36H,8-9H2,1H3/t13-,17-,19+,20-,22+,23-,24-,26+,27+/m1/s1. The van der Waals surface area contributed by atoms with E-state index in [4.69, 9.17) is 28.1 Å². The average molecular weight is 595 g/mol. The van der Waals surface area contributed by atoms with Gasteiger partial charge in [-0.1, -0.05) is 0 Å². The molecule has 0 saturated carbocycles. The number of aromatic hydroxyl groups is 2. The summed E-state index contributed by atoms with van der Waals surface area (Å²) in [5, 5.41) is 81.2. The van der Waals surface area contributed by atoms with Crippen LogP contribution in [-0.4, -0.2) is 116 Å². The van der Waals surface area contributed by atoms with Crippen LogP contribution in [0.2, 0.25) is 0 Å². The summed E-state index contributed by atoms with van der Waals surface area (Å²) < 4.78 is 32.9. The highest BCUT2D eigenvalue weighted by atomic mass is 16.7. The van der Waals surface area contributed by atoms with E-state index >= 15 is 0 Å². The van der Waals surface area contributed by atoms with Crippen molar-refractivity contribution in [3.05, 3.63) is 46.6 Å². The quantitative estimate of drug-likeness (QED) is 0.156. The summed E-state index contributed by atoms with van der Waals surface area (Å²) in [7, 11) is 1.24. The number of aliphatic hydroxyl groups is 6. The molecule has 9 atom stereocenters. The predicted octanol–water partition coefficient (Wildman–Crippen LogP) is -1.48. The molecule has 2 aromatic carbocycles. The van der Waals surface area contributed by atoms with E-state index in [0.717, 1.165) is 6.07 Å². The van der Waals surface area contributed by atoms with E-state index in [-0.39, 0.29) is 34.8 Å². The number of methoxy groups -OCH3 is 1. The van der Waals surface area contributed by atoms with Gasteiger partial charge in [-0.05, 0) is 24.3 Å². The summed E-state index contributed by atoms with van der Waals surface area (Å²) in [5.41, 5.74) is -0.256. The topological polar surface area (TPSA) is 238 Å². The molecular weight excluding hydrogens is 564 g/mol. The second-order valence-electron chi connectivity index (χ2n) is 9.87. The lowest BCUT2D eigenvalue weighted by Crippen LogP contribution is -2.61. The molecule has 1 aromatic heterocycles. The van der Waals surface area contributed by atoms with E-state index < -0.39 is 78.8 Å². The molecule has 228 valence electrons. The van der Waals surface area contributed by atoms with Crippen molar-refractivity contribution in [1.29, 1.82) is 0 Å². The molecule has 2 saturated heterocycles. The predicted molar refractivity (Wildman–Crippen MR) is 139 cm³/mol. The normalized spacial score (nSPS) is 31.6. The zero-order valence-corrected chi connectivity index (χ0v) is 22.0. The number of hydrogen-bond donors (Lipinski definition) is 8. The van der Waals surface area contributed by atoms with Crippen LogP contribution in [0.3, 0.4) is 0 Å². The molecule has 0 spiro atoms. The van der Waals surface area contributed by atoms with E-state index in [9.17, 15) is 45.6 Å². The molecule has 3 aromatic rings. The highest BCUT2D eigenvalue weighted by Gasteiger charge is 2.47. The van der Waals surface area contributed by atoms with Gasteiger partial charge in [0, 0.05) is 17.7 Å². The van der Waals surface area contributed by atoms with E-state index in [2.05, 4.69) is 0 Å². The Hall–Kier alpha value is -3.51. The first-order valence-electron chi connectivity index (χ1n) is 12.8. The molecule has 2 aliphatic heterocycles. The van der Waals surface area contributed by atoms with Crippen LogP contribution in [0.5, 0.6) is 23.0 Å². The second-order valence-corrected chi connectivity index (χ2v) is 9.87. The molecule has 0 unspecified atom stereocenters. The minimum absolute atomic E-state index is 0.0140. The maximum atomic E-state index is 13.0. The molecule has 2 aliphatic rings. The summed E-state index contributed by atoms with van der Waals surface area (Å²) in [4.78, 5) is 13.0. The van der Waals surface area contributed by atoms with Gasteiger partial charge in [0.1, 0.15) is 65.2 Å². The smallest absolute Gasteiger partial charge is 0.229 e. The summed E-state index contributed by atoms with van der Waals surface area (Å²) in [6.45, 7) is -0.866. The molecule has 15 heteroatoms. The Labute approximate surface area is 236 Å². The third kappa shape index (κ3) is 5.61. The number of ether oxygens (including phenoxy) is 5. The molecule has 15 nitrogen and oxygen atoms in total. The first-order valence-corrected chi connectivity index (χ1v) is 12.8. The number of phenols is 2. The van der Waals surface area contributed by atoms with Crippen molar-refractivity contribution in [2.75, 3.05) is 20.3 Å². The number of phenolic OH excluding ortho intramolecular Hbond substituents is 2. The van der Waals surface area contributed by atoms with Gasteiger partial charge in [-0.2, -0.15) is 0 Å².